The van der Waals surface area contributed by atoms with Gasteiger partial charge in [-0.25, -0.2) is 14.8 Å². The maximum Gasteiger partial charge on any atom is 0.314 e. The van der Waals surface area contributed by atoms with E-state index in [1.165, 1.54) is 0 Å². The average molecular weight is 706 g/mol. The van der Waals surface area contributed by atoms with Crippen molar-refractivity contribution in [2.45, 2.75) is 50.7 Å². The molecular weight excluding hydrogens is 667 g/mol. The summed E-state index contributed by atoms with van der Waals surface area (Å²) in [5, 5.41) is 9.42. The Morgan fingerprint density at radius 2 is 1.49 bits per heavy atom. The minimum Gasteiger partial charge on any atom is -0.480 e. The normalized spacial score (nSPS) is 16.2. The molecule has 0 spiro atoms. The molecule has 4 heterocycles. The third kappa shape index (κ3) is 7.71. The number of aryl methyl sites for hydroxylation is 1. The zero-order chi connectivity index (χ0) is 34.5. The third-order valence-corrected chi connectivity index (χ3v) is 9.61. The Balaban J connectivity index is 1.20. The molecule has 2 fully saturated rings. The Bertz CT molecular complexity index is 1850. The second-order valence-corrected chi connectivity index (χ2v) is 12.8. The Kier molecular flexibility index (Phi) is 10.8. The van der Waals surface area contributed by atoms with E-state index in [0.717, 1.165) is 36.1 Å². The van der Waals surface area contributed by atoms with Gasteiger partial charge in [0, 0.05) is 61.4 Å². The molecule has 2 aromatic carbocycles. The van der Waals surface area contributed by atoms with Crippen molar-refractivity contribution < 1.29 is 19.1 Å². The van der Waals surface area contributed by atoms with Crippen LogP contribution in [-0.4, -0.2) is 83.2 Å². The topological polar surface area (TPSA) is 143 Å². The molecular formula is C35H38Cl2N8O4. The van der Waals surface area contributed by atoms with Crippen molar-refractivity contribution in [2.75, 3.05) is 34.4 Å². The minimum atomic E-state index is -0.193. The van der Waals surface area contributed by atoms with Crippen LogP contribution in [0.5, 0.6) is 11.8 Å². The summed E-state index contributed by atoms with van der Waals surface area (Å²) in [6.45, 7) is 1.95. The number of nitrogens with zero attached hydrogens (tertiary/aromatic N) is 5. The summed E-state index contributed by atoms with van der Waals surface area (Å²) in [7, 11) is 4.74. The van der Waals surface area contributed by atoms with Gasteiger partial charge in [0.25, 0.3) is 0 Å². The summed E-state index contributed by atoms with van der Waals surface area (Å²) in [5.41, 5.74) is 5.41. The number of rotatable bonds is 12. The monoisotopic (exact) mass is 704 g/mol. The molecule has 0 bridgehead atoms. The number of hydrogen-bond donors (Lipinski definition) is 3. The van der Waals surface area contributed by atoms with Crippen LogP contribution >= 0.6 is 23.2 Å². The summed E-state index contributed by atoms with van der Waals surface area (Å²) >= 11 is 14.1. The van der Waals surface area contributed by atoms with Gasteiger partial charge in [-0.2, -0.15) is 0 Å². The fourth-order valence-corrected chi connectivity index (χ4v) is 6.85. The van der Waals surface area contributed by atoms with E-state index in [0.29, 0.717) is 82.5 Å². The number of nitrogens with one attached hydrogen (secondary N) is 3. The van der Waals surface area contributed by atoms with Crippen LogP contribution in [-0.2, 0) is 17.8 Å². The SMILES string of the molecule is CNC(=O)NC1CN(Cc2ncc(-c3cccc(-c4cccc(-c5cnc(CCC[C@@H]6CCC(=O)N6)c(OC)n5)c4Cl)c3Cl)nc2OC)C1. The number of ether oxygens (including phenoxy) is 2. The lowest BCUT2D eigenvalue weighted by molar-refractivity contribution is -0.119. The highest BCUT2D eigenvalue weighted by Gasteiger charge is 2.29. The van der Waals surface area contributed by atoms with E-state index < -0.39 is 0 Å². The van der Waals surface area contributed by atoms with Crippen LogP contribution in [0.4, 0.5) is 4.79 Å². The number of amides is 3. The second-order valence-electron chi connectivity index (χ2n) is 12.1. The van der Waals surface area contributed by atoms with Gasteiger partial charge >= 0.3 is 6.03 Å². The molecule has 14 heteroatoms. The highest BCUT2D eigenvalue weighted by Crippen LogP contribution is 2.42. The summed E-state index contributed by atoms with van der Waals surface area (Å²) in [5.74, 6) is 0.969. The smallest absolute Gasteiger partial charge is 0.314 e. The molecule has 0 unspecified atom stereocenters. The molecule has 4 aromatic rings. The molecule has 2 aliphatic rings. The van der Waals surface area contributed by atoms with E-state index in [4.69, 9.17) is 42.6 Å². The van der Waals surface area contributed by atoms with Crippen LogP contribution < -0.4 is 25.4 Å². The molecule has 49 heavy (non-hydrogen) atoms. The molecule has 3 N–H and O–H groups in total. The van der Waals surface area contributed by atoms with E-state index in [1.807, 2.05) is 36.4 Å². The van der Waals surface area contributed by atoms with Gasteiger partial charge in [0.2, 0.25) is 17.7 Å². The molecule has 256 valence electrons. The molecule has 0 saturated carbocycles. The number of hydrogen-bond acceptors (Lipinski definition) is 9. The van der Waals surface area contributed by atoms with Crippen LogP contribution in [0.1, 0.15) is 37.1 Å². The minimum absolute atomic E-state index is 0.0855. The summed E-state index contributed by atoms with van der Waals surface area (Å²) < 4.78 is 11.2. The van der Waals surface area contributed by atoms with Gasteiger partial charge in [-0.1, -0.05) is 59.6 Å². The van der Waals surface area contributed by atoms with E-state index in [1.54, 1.807) is 33.7 Å². The number of aromatic nitrogens is 4. The molecule has 6 rings (SSSR count). The highest BCUT2D eigenvalue weighted by atomic mass is 35.5. The number of benzene rings is 2. The predicted octanol–water partition coefficient (Wildman–Crippen LogP) is 5.31. The van der Waals surface area contributed by atoms with Crippen molar-refractivity contribution in [3.8, 4) is 45.4 Å². The van der Waals surface area contributed by atoms with Crippen LogP contribution in [0.3, 0.4) is 0 Å². The Hall–Kier alpha value is -4.52. The van der Waals surface area contributed by atoms with Crippen molar-refractivity contribution in [1.82, 2.24) is 40.8 Å². The number of carbonyl (C=O) groups excluding carboxylic acids is 2. The quantitative estimate of drug-likeness (QED) is 0.179. The van der Waals surface area contributed by atoms with Gasteiger partial charge in [0.05, 0.1) is 54.1 Å². The predicted molar refractivity (Wildman–Crippen MR) is 188 cm³/mol. The number of methoxy groups -OCH3 is 2. The third-order valence-electron chi connectivity index (χ3n) is 8.79. The van der Waals surface area contributed by atoms with E-state index >= 15 is 0 Å². The van der Waals surface area contributed by atoms with E-state index in [-0.39, 0.29) is 24.0 Å². The average Bonchev–Trinajstić information content (AvgIpc) is 3.52. The fourth-order valence-electron chi connectivity index (χ4n) is 6.21. The van der Waals surface area contributed by atoms with Gasteiger partial charge in [-0.3, -0.25) is 19.7 Å². The van der Waals surface area contributed by atoms with Crippen molar-refractivity contribution in [2.24, 2.45) is 0 Å². The summed E-state index contributed by atoms with van der Waals surface area (Å²) in [6, 6.07) is 11.5. The summed E-state index contributed by atoms with van der Waals surface area (Å²) in [6.07, 6.45) is 7.29. The van der Waals surface area contributed by atoms with Crippen molar-refractivity contribution in [3.05, 3.63) is 70.2 Å². The fraction of sp³-hybridized carbons (Fsp3) is 0.371. The van der Waals surface area contributed by atoms with Gasteiger partial charge in [0.15, 0.2) is 0 Å². The molecule has 2 saturated heterocycles. The van der Waals surface area contributed by atoms with E-state index in [9.17, 15) is 9.59 Å². The Morgan fingerprint density at radius 3 is 2.04 bits per heavy atom. The Morgan fingerprint density at radius 1 is 0.918 bits per heavy atom. The molecule has 2 aliphatic heterocycles. The van der Waals surface area contributed by atoms with Crippen LogP contribution in [0, 0.1) is 0 Å². The van der Waals surface area contributed by atoms with Crippen molar-refractivity contribution >= 4 is 35.1 Å². The van der Waals surface area contributed by atoms with Crippen LogP contribution in [0.2, 0.25) is 10.0 Å². The molecule has 12 nitrogen and oxygen atoms in total. The molecule has 3 amide bonds. The zero-order valence-electron chi connectivity index (χ0n) is 27.6. The first kappa shape index (κ1) is 34.3. The van der Waals surface area contributed by atoms with Gasteiger partial charge in [0.1, 0.15) is 11.4 Å². The number of halogens is 2. The maximum atomic E-state index is 11.6. The zero-order valence-corrected chi connectivity index (χ0v) is 29.1. The molecule has 2 aromatic heterocycles. The van der Waals surface area contributed by atoms with Gasteiger partial charge in [-0.15, -0.1) is 0 Å². The lowest BCUT2D eigenvalue weighted by Crippen LogP contribution is -2.60. The first-order valence-corrected chi connectivity index (χ1v) is 16.9. The molecule has 1 atom stereocenters. The van der Waals surface area contributed by atoms with Gasteiger partial charge in [-0.05, 0) is 25.7 Å². The molecule has 0 radical (unpaired) electrons. The first-order valence-electron chi connectivity index (χ1n) is 16.2. The number of carbonyl (C=O) groups is 2. The van der Waals surface area contributed by atoms with Crippen molar-refractivity contribution in [3.63, 3.8) is 0 Å². The lowest BCUT2D eigenvalue weighted by atomic mass is 9.98. The first-order chi connectivity index (χ1) is 23.8. The summed E-state index contributed by atoms with van der Waals surface area (Å²) in [4.78, 5) is 44.1. The van der Waals surface area contributed by atoms with Gasteiger partial charge < -0.3 is 25.4 Å². The number of likely N-dealkylation sites (tertiary alicyclic amines) is 1. The lowest BCUT2D eigenvalue weighted by Gasteiger charge is -2.39. The second kappa shape index (κ2) is 15.4. The maximum absolute atomic E-state index is 11.6. The Labute approximate surface area is 295 Å². The molecule has 0 aliphatic carbocycles. The van der Waals surface area contributed by atoms with E-state index in [2.05, 4.69) is 30.8 Å². The standard InChI is InChI=1S/C35H38Cl2N8O4/c1-38-35(47)42-21-17-45(18-21)19-29-34(49-3)44-28(16-40-29)25-11-6-9-23(32(25)37)22-8-5-10-24(31(22)36)27-15-39-26(33(43-27)48-2)12-4-7-20-13-14-30(46)41-20/h5-6,8-11,15-16,20-21H,4,7,12-14,17-19H2,1-3H3,(H,41,46)(H2,38,42,47)/t20-/m1/s1. The van der Waals surface area contributed by atoms with Crippen LogP contribution in [0.15, 0.2) is 48.8 Å². The van der Waals surface area contributed by atoms with Crippen LogP contribution in [0.25, 0.3) is 33.6 Å². The number of urea groups is 1. The highest BCUT2D eigenvalue weighted by molar-refractivity contribution is 6.39. The largest absolute Gasteiger partial charge is 0.480 e. The van der Waals surface area contributed by atoms with Crippen molar-refractivity contribution in [1.29, 1.82) is 0 Å².